The van der Waals surface area contributed by atoms with Crippen molar-refractivity contribution in [3.63, 3.8) is 0 Å². The third-order valence-corrected chi connectivity index (χ3v) is 16.5. The topological polar surface area (TPSA) is 78.9 Å². The Hall–Kier alpha value is -2.11. The minimum atomic E-state index is -0.768. The molecule has 6 nitrogen and oxygen atoms in total. The third-order valence-electron chi connectivity index (χ3n) is 16.5. The summed E-state index contributed by atoms with van der Waals surface area (Å²) in [5.74, 6) is -0.841. The van der Waals surface area contributed by atoms with Crippen molar-refractivity contribution in [1.82, 2.24) is 0 Å². The molecule has 0 heterocycles. The van der Waals surface area contributed by atoms with Gasteiger partial charge in [0.15, 0.2) is 6.10 Å². The Morgan fingerprint density at radius 2 is 0.456 bits per heavy atom. The number of carbonyl (C=O) groups is 3. The minimum absolute atomic E-state index is 0.0658. The number of carbonyl (C=O) groups excluding carboxylic acids is 3. The molecule has 0 rings (SSSR count). The van der Waals surface area contributed by atoms with E-state index < -0.39 is 6.10 Å². The van der Waals surface area contributed by atoms with Gasteiger partial charge in [-0.05, 0) is 51.4 Å². The normalized spacial score (nSPS) is 12.1. The van der Waals surface area contributed by atoms with Gasteiger partial charge in [-0.2, -0.15) is 0 Å². The predicted molar refractivity (Wildman–Crippen MR) is 344 cm³/mol. The molecule has 0 N–H and O–H groups in total. The Morgan fingerprint density at radius 3 is 0.696 bits per heavy atom. The Bertz CT molecular complexity index is 1270. The summed E-state index contributed by atoms with van der Waals surface area (Å²) in [7, 11) is 0. The van der Waals surface area contributed by atoms with Crippen LogP contribution in [-0.2, 0) is 28.6 Å². The number of hydrogen-bond acceptors (Lipinski definition) is 6. The Labute approximate surface area is 493 Å². The SMILES string of the molecule is CCCCCCC/C=C\C/C=C\CCCCCCCCCCCCCC(=O)OC(COC(=O)CCCCCCCCCCC)COC(=O)CCCCCCCCCCCCCCCCCCCCCCCCCCCCCCC. The monoisotopic (exact) mass is 1110 g/mol. The fourth-order valence-corrected chi connectivity index (χ4v) is 11.1. The molecule has 1 atom stereocenters. The lowest BCUT2D eigenvalue weighted by molar-refractivity contribution is -0.167. The number of unbranched alkanes of at least 4 members (excludes halogenated alkanes) is 52. The largest absolute Gasteiger partial charge is 0.462 e. The second kappa shape index (κ2) is 68.4. The van der Waals surface area contributed by atoms with Gasteiger partial charge < -0.3 is 14.2 Å². The van der Waals surface area contributed by atoms with Gasteiger partial charge in [-0.1, -0.05) is 360 Å². The molecule has 0 aliphatic rings. The Morgan fingerprint density at radius 1 is 0.253 bits per heavy atom. The summed E-state index contributed by atoms with van der Waals surface area (Å²) in [6, 6.07) is 0. The van der Waals surface area contributed by atoms with Gasteiger partial charge in [0.05, 0.1) is 0 Å². The summed E-state index contributed by atoms with van der Waals surface area (Å²) < 4.78 is 16.9. The lowest BCUT2D eigenvalue weighted by Gasteiger charge is -2.18. The molecule has 0 aromatic heterocycles. The van der Waals surface area contributed by atoms with Gasteiger partial charge in [-0.25, -0.2) is 0 Å². The lowest BCUT2D eigenvalue weighted by atomic mass is 10.0. The van der Waals surface area contributed by atoms with Gasteiger partial charge in [-0.3, -0.25) is 14.4 Å². The molecule has 0 aromatic carbocycles. The Balaban J connectivity index is 4.07. The highest BCUT2D eigenvalue weighted by Crippen LogP contribution is 2.19. The molecular weight excluding hydrogens is 973 g/mol. The van der Waals surface area contributed by atoms with Crippen molar-refractivity contribution >= 4 is 17.9 Å². The van der Waals surface area contributed by atoms with Crippen LogP contribution in [-0.4, -0.2) is 37.2 Å². The lowest BCUT2D eigenvalue weighted by Crippen LogP contribution is -2.30. The summed E-state index contributed by atoms with van der Waals surface area (Å²) in [6.07, 6.45) is 83.8. The summed E-state index contributed by atoms with van der Waals surface area (Å²) in [5, 5.41) is 0. The van der Waals surface area contributed by atoms with Crippen molar-refractivity contribution in [3.8, 4) is 0 Å². The number of hydrogen-bond donors (Lipinski definition) is 0. The maximum Gasteiger partial charge on any atom is 0.306 e. The second-order valence-corrected chi connectivity index (χ2v) is 24.5. The number of ether oxygens (including phenoxy) is 3. The first-order valence-corrected chi connectivity index (χ1v) is 35.8. The highest BCUT2D eigenvalue weighted by atomic mass is 16.6. The second-order valence-electron chi connectivity index (χ2n) is 24.5. The maximum absolute atomic E-state index is 12.9. The fraction of sp³-hybridized carbons (Fsp3) is 0.904. The van der Waals surface area contributed by atoms with Crippen LogP contribution in [0.15, 0.2) is 24.3 Å². The number of esters is 3. The zero-order valence-electron chi connectivity index (χ0n) is 53.7. The van der Waals surface area contributed by atoms with Gasteiger partial charge in [0.25, 0.3) is 0 Å². The van der Waals surface area contributed by atoms with E-state index in [9.17, 15) is 14.4 Å². The van der Waals surface area contributed by atoms with Gasteiger partial charge in [0.2, 0.25) is 0 Å². The summed E-state index contributed by atoms with van der Waals surface area (Å²) in [4.78, 5) is 38.3. The molecule has 79 heavy (non-hydrogen) atoms. The molecule has 0 saturated carbocycles. The highest BCUT2D eigenvalue weighted by molar-refractivity contribution is 5.71. The van der Waals surface area contributed by atoms with Crippen molar-refractivity contribution in [2.75, 3.05) is 13.2 Å². The van der Waals surface area contributed by atoms with Crippen molar-refractivity contribution < 1.29 is 28.6 Å². The summed E-state index contributed by atoms with van der Waals surface area (Å²) in [6.45, 7) is 6.69. The average molecular weight is 1110 g/mol. The first-order valence-electron chi connectivity index (χ1n) is 35.8. The smallest absolute Gasteiger partial charge is 0.306 e. The first kappa shape index (κ1) is 76.9. The van der Waals surface area contributed by atoms with Crippen molar-refractivity contribution in [2.45, 2.75) is 412 Å². The van der Waals surface area contributed by atoms with Crippen LogP contribution in [0.4, 0.5) is 0 Å². The van der Waals surface area contributed by atoms with E-state index in [1.54, 1.807) is 0 Å². The molecular formula is C73H138O6. The van der Waals surface area contributed by atoms with Crippen LogP contribution in [0.1, 0.15) is 406 Å². The van der Waals surface area contributed by atoms with Crippen LogP contribution in [0, 0.1) is 0 Å². The third kappa shape index (κ3) is 66.6. The Kier molecular flexibility index (Phi) is 66.6. The van der Waals surface area contributed by atoms with E-state index in [4.69, 9.17) is 14.2 Å². The van der Waals surface area contributed by atoms with Gasteiger partial charge in [-0.15, -0.1) is 0 Å². The quantitative estimate of drug-likeness (QED) is 0.0261. The molecule has 0 saturated heterocycles. The molecule has 0 radical (unpaired) electrons. The van der Waals surface area contributed by atoms with E-state index in [-0.39, 0.29) is 31.1 Å². The van der Waals surface area contributed by atoms with E-state index in [0.717, 1.165) is 64.2 Å². The van der Waals surface area contributed by atoms with E-state index in [2.05, 4.69) is 45.1 Å². The van der Waals surface area contributed by atoms with Crippen LogP contribution in [0.5, 0.6) is 0 Å². The molecule has 0 spiro atoms. The van der Waals surface area contributed by atoms with Crippen molar-refractivity contribution in [2.24, 2.45) is 0 Å². The van der Waals surface area contributed by atoms with E-state index in [1.165, 1.54) is 302 Å². The molecule has 0 fully saturated rings. The number of allylic oxidation sites excluding steroid dienone is 4. The zero-order valence-corrected chi connectivity index (χ0v) is 53.7. The highest BCUT2D eigenvalue weighted by Gasteiger charge is 2.19. The van der Waals surface area contributed by atoms with Gasteiger partial charge in [0, 0.05) is 19.3 Å². The first-order chi connectivity index (χ1) is 39.0. The fourth-order valence-electron chi connectivity index (χ4n) is 11.1. The molecule has 1 unspecified atom stereocenters. The summed E-state index contributed by atoms with van der Waals surface area (Å²) >= 11 is 0. The standard InChI is InChI=1S/C73H138O6/c1-4-7-10-13-16-19-21-23-25-27-29-31-33-34-35-36-37-38-40-41-43-45-47-49-51-54-57-60-63-66-72(75)78-69-70(68-77-71(74)65-62-59-56-53-18-15-12-9-6-3)79-73(76)67-64-61-58-55-52-50-48-46-44-42-39-32-30-28-26-24-22-20-17-14-11-8-5-2/h22,24,28,30,70H,4-21,23,25-27,29,31-69H2,1-3H3/b24-22-,30-28-. The van der Waals surface area contributed by atoms with E-state index in [1.807, 2.05) is 0 Å². The average Bonchev–Trinajstić information content (AvgIpc) is 3.45. The van der Waals surface area contributed by atoms with E-state index in [0.29, 0.717) is 19.3 Å². The molecule has 466 valence electrons. The van der Waals surface area contributed by atoms with Crippen LogP contribution in [0.3, 0.4) is 0 Å². The van der Waals surface area contributed by atoms with Gasteiger partial charge >= 0.3 is 17.9 Å². The van der Waals surface area contributed by atoms with E-state index >= 15 is 0 Å². The summed E-state index contributed by atoms with van der Waals surface area (Å²) in [5.41, 5.74) is 0. The predicted octanol–water partition coefficient (Wildman–Crippen LogP) is 24.6. The molecule has 0 bridgehead atoms. The minimum Gasteiger partial charge on any atom is -0.462 e. The zero-order chi connectivity index (χ0) is 57.1. The van der Waals surface area contributed by atoms with Crippen molar-refractivity contribution in [3.05, 3.63) is 24.3 Å². The van der Waals surface area contributed by atoms with Crippen molar-refractivity contribution in [1.29, 1.82) is 0 Å². The maximum atomic E-state index is 12.9. The van der Waals surface area contributed by atoms with Crippen LogP contribution in [0.2, 0.25) is 0 Å². The van der Waals surface area contributed by atoms with Gasteiger partial charge in [0.1, 0.15) is 13.2 Å². The molecule has 0 amide bonds. The number of rotatable bonds is 67. The molecule has 0 aliphatic carbocycles. The van der Waals surface area contributed by atoms with Crippen LogP contribution >= 0.6 is 0 Å². The molecule has 0 aromatic rings. The molecule has 6 heteroatoms. The molecule has 0 aliphatic heterocycles. The van der Waals surface area contributed by atoms with Crippen LogP contribution in [0.25, 0.3) is 0 Å². The van der Waals surface area contributed by atoms with Crippen LogP contribution < -0.4 is 0 Å².